The maximum Gasteiger partial charge on any atom is 0.233 e. The smallest absolute Gasteiger partial charge is 0.233 e. The van der Waals surface area contributed by atoms with Gasteiger partial charge in [-0.25, -0.2) is 0 Å². The van der Waals surface area contributed by atoms with Gasteiger partial charge in [-0.15, -0.1) is 0 Å². The zero-order valence-corrected chi connectivity index (χ0v) is 14.0. The second-order valence-electron chi connectivity index (χ2n) is 7.40. The summed E-state index contributed by atoms with van der Waals surface area (Å²) >= 11 is 0. The van der Waals surface area contributed by atoms with E-state index < -0.39 is 5.60 Å². The highest BCUT2D eigenvalue weighted by Crippen LogP contribution is 2.46. The van der Waals surface area contributed by atoms with Gasteiger partial charge in [-0.1, -0.05) is 25.9 Å². The number of ether oxygens (including phenoxy) is 1. The van der Waals surface area contributed by atoms with Crippen LogP contribution in [0, 0.1) is 5.41 Å². The summed E-state index contributed by atoms with van der Waals surface area (Å²) < 4.78 is 11.4. The van der Waals surface area contributed by atoms with E-state index in [4.69, 9.17) is 15.0 Å². The number of rotatable bonds is 5. The second-order valence-corrected chi connectivity index (χ2v) is 7.40. The van der Waals surface area contributed by atoms with Crippen LogP contribution in [0.4, 0.5) is 0 Å². The Labute approximate surface area is 127 Å². The highest BCUT2D eigenvalue weighted by Gasteiger charge is 2.44. The molecule has 0 spiro atoms. The van der Waals surface area contributed by atoms with Crippen LogP contribution in [0.3, 0.4) is 0 Å². The first kappa shape index (κ1) is 16.4. The lowest BCUT2D eigenvalue weighted by Crippen LogP contribution is -2.37. The van der Waals surface area contributed by atoms with E-state index in [-0.39, 0.29) is 5.41 Å². The van der Waals surface area contributed by atoms with Crippen molar-refractivity contribution in [2.75, 3.05) is 13.7 Å². The lowest BCUT2D eigenvalue weighted by atomic mass is 9.70. The third kappa shape index (κ3) is 2.99. The average molecular weight is 295 g/mol. The Morgan fingerprint density at radius 2 is 1.90 bits per heavy atom. The number of aromatic nitrogens is 2. The van der Waals surface area contributed by atoms with E-state index in [0.29, 0.717) is 23.7 Å². The van der Waals surface area contributed by atoms with Crippen LogP contribution in [-0.2, 0) is 15.8 Å². The van der Waals surface area contributed by atoms with Crippen molar-refractivity contribution >= 4 is 0 Å². The van der Waals surface area contributed by atoms with Crippen LogP contribution in [0.15, 0.2) is 4.52 Å². The molecule has 0 saturated heterocycles. The molecule has 1 heterocycles. The normalized spacial score (nSPS) is 23.7. The van der Waals surface area contributed by atoms with Crippen molar-refractivity contribution in [3.63, 3.8) is 0 Å². The average Bonchev–Trinajstić information content (AvgIpc) is 2.98. The van der Waals surface area contributed by atoms with Crippen LogP contribution in [-0.4, -0.2) is 23.8 Å². The lowest BCUT2D eigenvalue weighted by Gasteiger charge is -2.40. The van der Waals surface area contributed by atoms with Crippen molar-refractivity contribution in [2.45, 2.75) is 70.8 Å². The first-order valence-electron chi connectivity index (χ1n) is 7.91. The van der Waals surface area contributed by atoms with Gasteiger partial charge in [0.05, 0.1) is 5.41 Å². The number of nitrogens with zero attached hydrogens (tertiary/aromatic N) is 2. The molecule has 1 aromatic heterocycles. The van der Waals surface area contributed by atoms with Crippen LogP contribution < -0.4 is 5.73 Å². The van der Waals surface area contributed by atoms with Crippen molar-refractivity contribution < 1.29 is 9.26 Å². The van der Waals surface area contributed by atoms with Crippen LogP contribution in [0.25, 0.3) is 0 Å². The summed E-state index contributed by atoms with van der Waals surface area (Å²) in [6, 6.07) is 0. The Kier molecular flexibility index (Phi) is 4.45. The summed E-state index contributed by atoms with van der Waals surface area (Å²) in [4.78, 5) is 4.66. The Bertz CT molecular complexity index is 468. The fourth-order valence-electron chi connectivity index (χ4n) is 2.89. The molecule has 5 nitrogen and oxygen atoms in total. The summed E-state index contributed by atoms with van der Waals surface area (Å²) in [6.45, 7) is 9.26. The quantitative estimate of drug-likeness (QED) is 0.903. The molecule has 0 aliphatic heterocycles. The van der Waals surface area contributed by atoms with E-state index in [0.717, 1.165) is 32.1 Å². The number of hydrogen-bond acceptors (Lipinski definition) is 5. The van der Waals surface area contributed by atoms with E-state index in [1.165, 1.54) is 0 Å². The van der Waals surface area contributed by atoms with Crippen molar-refractivity contribution in [1.29, 1.82) is 0 Å². The van der Waals surface area contributed by atoms with Crippen LogP contribution in [0.2, 0.25) is 0 Å². The van der Waals surface area contributed by atoms with Crippen LogP contribution in [0.5, 0.6) is 0 Å². The Hall–Kier alpha value is -0.940. The van der Waals surface area contributed by atoms with Gasteiger partial charge in [-0.2, -0.15) is 4.98 Å². The molecule has 1 saturated carbocycles. The Morgan fingerprint density at radius 1 is 1.29 bits per heavy atom. The van der Waals surface area contributed by atoms with E-state index in [1.54, 1.807) is 7.11 Å². The molecule has 1 aliphatic carbocycles. The highest BCUT2D eigenvalue weighted by atomic mass is 16.5. The minimum atomic E-state index is -0.402. The maximum absolute atomic E-state index is 5.88. The minimum Gasteiger partial charge on any atom is -0.370 e. The molecule has 21 heavy (non-hydrogen) atoms. The third-order valence-electron chi connectivity index (χ3n) is 5.38. The fraction of sp³-hybridized carbons (Fsp3) is 0.875. The van der Waals surface area contributed by atoms with Gasteiger partial charge in [0, 0.05) is 13.7 Å². The molecule has 0 aromatic carbocycles. The monoisotopic (exact) mass is 295 g/mol. The highest BCUT2D eigenvalue weighted by molar-refractivity contribution is 5.10. The van der Waals surface area contributed by atoms with Crippen LogP contribution in [0.1, 0.15) is 71.5 Å². The second kappa shape index (κ2) is 5.69. The molecular weight excluding hydrogens is 266 g/mol. The van der Waals surface area contributed by atoms with Crippen molar-refractivity contribution in [1.82, 2.24) is 10.1 Å². The fourth-order valence-corrected chi connectivity index (χ4v) is 2.89. The molecule has 0 bridgehead atoms. The van der Waals surface area contributed by atoms with Crippen LogP contribution >= 0.6 is 0 Å². The topological polar surface area (TPSA) is 74.2 Å². The predicted octanol–water partition coefficient (Wildman–Crippen LogP) is 3.14. The SMILES string of the molecule is CCC(C)(CN)c1nc(C2(OC)CCC(C)(C)CC2)no1. The van der Waals surface area contributed by atoms with Crippen molar-refractivity contribution in [3.8, 4) is 0 Å². The number of nitrogens with two attached hydrogens (primary N) is 1. The van der Waals surface area contributed by atoms with Gasteiger partial charge in [0.25, 0.3) is 0 Å². The van der Waals surface area contributed by atoms with E-state index >= 15 is 0 Å². The molecule has 2 rings (SSSR count). The summed E-state index contributed by atoms with van der Waals surface area (Å²) in [5, 5.41) is 4.23. The number of hydrogen-bond donors (Lipinski definition) is 1. The maximum atomic E-state index is 5.88. The van der Waals surface area contributed by atoms with Gasteiger partial charge >= 0.3 is 0 Å². The molecule has 0 radical (unpaired) electrons. The van der Waals surface area contributed by atoms with Gasteiger partial charge < -0.3 is 15.0 Å². The van der Waals surface area contributed by atoms with Gasteiger partial charge in [0.2, 0.25) is 11.7 Å². The Balaban J connectivity index is 2.27. The molecular formula is C16H29N3O2. The predicted molar refractivity (Wildman–Crippen MR) is 81.9 cm³/mol. The molecule has 2 N–H and O–H groups in total. The summed E-state index contributed by atoms with van der Waals surface area (Å²) in [7, 11) is 1.75. The molecule has 1 unspecified atom stereocenters. The standard InChI is InChI=1S/C16H29N3O2/c1-6-15(4,11-17)13-18-12(19-21-13)16(20-5)9-7-14(2,3)8-10-16/h6-11,17H2,1-5H3. The van der Waals surface area contributed by atoms with E-state index in [1.807, 2.05) is 0 Å². The Morgan fingerprint density at radius 3 is 2.38 bits per heavy atom. The zero-order valence-electron chi connectivity index (χ0n) is 14.0. The molecule has 0 amide bonds. The van der Waals surface area contributed by atoms with Crippen molar-refractivity contribution in [3.05, 3.63) is 11.7 Å². The van der Waals surface area contributed by atoms with Crippen molar-refractivity contribution in [2.24, 2.45) is 11.1 Å². The van der Waals surface area contributed by atoms with Gasteiger partial charge in [0.15, 0.2) is 0 Å². The first-order valence-corrected chi connectivity index (χ1v) is 7.91. The third-order valence-corrected chi connectivity index (χ3v) is 5.38. The molecule has 1 aliphatic rings. The summed E-state index contributed by atoms with van der Waals surface area (Å²) in [6.07, 6.45) is 4.94. The zero-order chi connectivity index (χ0) is 15.7. The van der Waals surface area contributed by atoms with Gasteiger partial charge in [-0.05, 0) is 44.4 Å². The molecule has 1 fully saturated rings. The minimum absolute atomic E-state index is 0.256. The van der Waals surface area contributed by atoms with E-state index in [9.17, 15) is 0 Å². The largest absolute Gasteiger partial charge is 0.370 e. The summed E-state index contributed by atoms with van der Waals surface area (Å²) in [5.41, 5.74) is 5.59. The first-order chi connectivity index (χ1) is 9.81. The molecule has 1 aromatic rings. The van der Waals surface area contributed by atoms with E-state index in [2.05, 4.69) is 37.8 Å². The number of methoxy groups -OCH3 is 1. The summed E-state index contributed by atoms with van der Waals surface area (Å²) in [5.74, 6) is 1.31. The van der Waals surface area contributed by atoms with Gasteiger partial charge in [-0.3, -0.25) is 0 Å². The molecule has 5 heteroatoms. The van der Waals surface area contributed by atoms with Gasteiger partial charge in [0.1, 0.15) is 5.60 Å². The molecule has 120 valence electrons. The lowest BCUT2D eigenvalue weighted by molar-refractivity contribution is -0.0740. The molecule has 1 atom stereocenters.